The Morgan fingerprint density at radius 3 is 2.48 bits per heavy atom. The smallest absolute Gasteiger partial charge is 0.222 e. The van der Waals surface area contributed by atoms with Crippen LogP contribution in [0.4, 0.5) is 0 Å². The molecule has 2 saturated heterocycles. The molecule has 6 heteroatoms. The van der Waals surface area contributed by atoms with Gasteiger partial charge in [0.1, 0.15) is 0 Å². The molecule has 0 aliphatic carbocycles. The number of nitrogens with one attached hydrogen (secondary N) is 3. The van der Waals surface area contributed by atoms with Crippen LogP contribution in [0.1, 0.15) is 37.7 Å². The minimum absolute atomic E-state index is 0.0861. The van der Waals surface area contributed by atoms with E-state index in [4.69, 9.17) is 0 Å². The Labute approximate surface area is 184 Å². The highest BCUT2D eigenvalue weighted by molar-refractivity contribution is 5.80. The predicted octanol–water partition coefficient (Wildman–Crippen LogP) is 2.65. The maximum atomic E-state index is 12.7. The number of carbonyl (C=O) groups excluding carboxylic acids is 2. The molecule has 2 aliphatic rings. The summed E-state index contributed by atoms with van der Waals surface area (Å²) in [6.45, 7) is 1.64. The Balaban J connectivity index is 1.38. The summed E-state index contributed by atoms with van der Waals surface area (Å²) in [5.41, 5.74) is 9.53. The average Bonchev–Trinajstić information content (AvgIpc) is 3.43. The number of hydrogen-bond donors (Lipinski definition) is 3. The lowest BCUT2D eigenvalue weighted by molar-refractivity contribution is -0.131. The van der Waals surface area contributed by atoms with Crippen LogP contribution in [-0.2, 0) is 16.0 Å². The standard InChI is InChI=1S/C25H32N4O2/c1-29(18-22-13-16-26-28-22)24(31)12-15-25(14-11-23(30)27-25)17-19-7-9-21(10-8-19)20-5-3-2-4-6-20/h2-10,22,26,28H,11-18H2,1H3,(H,27,30). The molecule has 164 valence electrons. The van der Waals surface area contributed by atoms with Crippen LogP contribution in [0.5, 0.6) is 0 Å². The lowest BCUT2D eigenvalue weighted by atomic mass is 9.84. The molecular weight excluding hydrogens is 388 g/mol. The molecule has 0 radical (unpaired) electrons. The fraction of sp³-hybridized carbons (Fsp3) is 0.440. The molecule has 0 spiro atoms. The van der Waals surface area contributed by atoms with Crippen LogP contribution < -0.4 is 16.2 Å². The highest BCUT2D eigenvalue weighted by atomic mass is 16.2. The number of benzene rings is 2. The van der Waals surface area contributed by atoms with Gasteiger partial charge in [0.25, 0.3) is 0 Å². The topological polar surface area (TPSA) is 73.5 Å². The number of amides is 2. The van der Waals surface area contributed by atoms with Gasteiger partial charge in [-0.05, 0) is 42.4 Å². The van der Waals surface area contributed by atoms with Gasteiger partial charge in [0.15, 0.2) is 0 Å². The van der Waals surface area contributed by atoms with Crippen LogP contribution in [-0.4, -0.2) is 48.4 Å². The molecule has 2 unspecified atom stereocenters. The van der Waals surface area contributed by atoms with Crippen LogP contribution >= 0.6 is 0 Å². The Morgan fingerprint density at radius 1 is 1.10 bits per heavy atom. The third-order valence-corrected chi connectivity index (χ3v) is 6.50. The van der Waals surface area contributed by atoms with Gasteiger partial charge < -0.3 is 10.2 Å². The van der Waals surface area contributed by atoms with E-state index in [1.165, 1.54) is 16.7 Å². The van der Waals surface area contributed by atoms with Gasteiger partial charge in [-0.1, -0.05) is 54.6 Å². The quantitative estimate of drug-likeness (QED) is 0.614. The summed E-state index contributed by atoms with van der Waals surface area (Å²) in [6, 6.07) is 19.2. The second-order valence-corrected chi connectivity index (χ2v) is 8.90. The molecule has 2 aromatic rings. The van der Waals surface area contributed by atoms with Crippen molar-refractivity contribution in [3.63, 3.8) is 0 Å². The van der Waals surface area contributed by atoms with Crippen molar-refractivity contribution in [2.24, 2.45) is 0 Å². The van der Waals surface area contributed by atoms with E-state index in [-0.39, 0.29) is 17.4 Å². The van der Waals surface area contributed by atoms with Crippen LogP contribution in [0.15, 0.2) is 54.6 Å². The van der Waals surface area contributed by atoms with Crippen LogP contribution in [0, 0.1) is 0 Å². The summed E-state index contributed by atoms with van der Waals surface area (Å²) in [4.78, 5) is 26.6. The van der Waals surface area contributed by atoms with Gasteiger partial charge in [-0.2, -0.15) is 0 Å². The first kappa shape index (κ1) is 21.5. The Morgan fingerprint density at radius 2 is 1.84 bits per heavy atom. The van der Waals surface area contributed by atoms with E-state index >= 15 is 0 Å². The summed E-state index contributed by atoms with van der Waals surface area (Å²) in [5, 5.41) is 3.20. The molecule has 2 fully saturated rings. The summed E-state index contributed by atoms with van der Waals surface area (Å²) < 4.78 is 0. The number of hydrazine groups is 1. The molecule has 31 heavy (non-hydrogen) atoms. The predicted molar refractivity (Wildman–Crippen MR) is 122 cm³/mol. The SMILES string of the molecule is CN(CC1CCNN1)C(=O)CCC1(Cc2ccc(-c3ccccc3)cc2)CCC(=O)N1. The van der Waals surface area contributed by atoms with Gasteiger partial charge >= 0.3 is 0 Å². The number of nitrogens with zero attached hydrogens (tertiary/aromatic N) is 1. The van der Waals surface area contributed by atoms with E-state index in [9.17, 15) is 9.59 Å². The van der Waals surface area contributed by atoms with Crippen molar-refractivity contribution in [1.29, 1.82) is 0 Å². The fourth-order valence-electron chi connectivity index (χ4n) is 4.66. The molecule has 2 amide bonds. The first-order valence-corrected chi connectivity index (χ1v) is 11.2. The van der Waals surface area contributed by atoms with Gasteiger partial charge in [-0.3, -0.25) is 20.4 Å². The van der Waals surface area contributed by atoms with Gasteiger partial charge in [-0.25, -0.2) is 0 Å². The molecule has 0 saturated carbocycles. The van der Waals surface area contributed by atoms with Crippen molar-refractivity contribution >= 4 is 11.8 Å². The molecule has 0 aromatic heterocycles. The van der Waals surface area contributed by atoms with Crippen molar-refractivity contribution in [3.05, 3.63) is 60.2 Å². The zero-order chi connectivity index (χ0) is 21.7. The van der Waals surface area contributed by atoms with Gasteiger partial charge in [-0.15, -0.1) is 0 Å². The largest absolute Gasteiger partial charge is 0.350 e. The van der Waals surface area contributed by atoms with Gasteiger partial charge in [0.05, 0.1) is 0 Å². The monoisotopic (exact) mass is 420 g/mol. The molecule has 2 atom stereocenters. The summed E-state index contributed by atoms with van der Waals surface area (Å²) in [6.07, 6.45) is 4.19. The van der Waals surface area contributed by atoms with E-state index in [0.29, 0.717) is 31.8 Å². The third-order valence-electron chi connectivity index (χ3n) is 6.50. The summed E-state index contributed by atoms with van der Waals surface area (Å²) in [5.74, 6) is 0.219. The summed E-state index contributed by atoms with van der Waals surface area (Å²) >= 11 is 0. The molecule has 2 aliphatic heterocycles. The van der Waals surface area contributed by atoms with Crippen molar-refractivity contribution < 1.29 is 9.59 Å². The minimum atomic E-state index is -0.338. The van der Waals surface area contributed by atoms with Crippen LogP contribution in [0.2, 0.25) is 0 Å². The molecule has 3 N–H and O–H groups in total. The van der Waals surface area contributed by atoms with Gasteiger partial charge in [0, 0.05) is 44.6 Å². The third kappa shape index (κ3) is 5.51. The Bertz CT molecular complexity index is 893. The summed E-state index contributed by atoms with van der Waals surface area (Å²) in [7, 11) is 1.87. The minimum Gasteiger partial charge on any atom is -0.350 e. The van der Waals surface area contributed by atoms with Crippen LogP contribution in [0.25, 0.3) is 11.1 Å². The fourth-order valence-corrected chi connectivity index (χ4v) is 4.66. The van der Waals surface area contributed by atoms with Crippen molar-refractivity contribution in [3.8, 4) is 11.1 Å². The zero-order valence-electron chi connectivity index (χ0n) is 18.2. The number of hydrogen-bond acceptors (Lipinski definition) is 4. The molecule has 2 aromatic carbocycles. The molecular formula is C25H32N4O2. The van der Waals surface area contributed by atoms with E-state index in [1.54, 1.807) is 0 Å². The lowest BCUT2D eigenvalue weighted by Crippen LogP contribution is -2.45. The highest BCUT2D eigenvalue weighted by Gasteiger charge is 2.38. The van der Waals surface area contributed by atoms with E-state index in [2.05, 4.69) is 52.6 Å². The Hall–Kier alpha value is -2.70. The maximum Gasteiger partial charge on any atom is 0.222 e. The number of rotatable bonds is 8. The van der Waals surface area contributed by atoms with E-state index in [0.717, 1.165) is 25.8 Å². The molecule has 4 rings (SSSR count). The second kappa shape index (κ2) is 9.62. The maximum absolute atomic E-state index is 12.7. The first-order chi connectivity index (χ1) is 15.0. The number of likely N-dealkylation sites (N-methyl/N-ethyl adjacent to an activating group) is 1. The average molecular weight is 421 g/mol. The first-order valence-electron chi connectivity index (χ1n) is 11.2. The van der Waals surface area contributed by atoms with Gasteiger partial charge in [0.2, 0.25) is 11.8 Å². The van der Waals surface area contributed by atoms with Crippen molar-refractivity contribution in [2.75, 3.05) is 20.1 Å². The molecule has 2 heterocycles. The second-order valence-electron chi connectivity index (χ2n) is 8.90. The van der Waals surface area contributed by atoms with E-state index in [1.807, 2.05) is 30.1 Å². The van der Waals surface area contributed by atoms with E-state index < -0.39 is 0 Å². The molecule has 0 bridgehead atoms. The lowest BCUT2D eigenvalue weighted by Gasteiger charge is -2.30. The zero-order valence-corrected chi connectivity index (χ0v) is 18.2. The van der Waals surface area contributed by atoms with Crippen molar-refractivity contribution in [1.82, 2.24) is 21.1 Å². The molecule has 6 nitrogen and oxygen atoms in total. The number of carbonyl (C=O) groups is 2. The highest BCUT2D eigenvalue weighted by Crippen LogP contribution is 2.30. The van der Waals surface area contributed by atoms with Crippen molar-refractivity contribution in [2.45, 2.75) is 50.1 Å². The Kier molecular flexibility index (Phi) is 6.68. The van der Waals surface area contributed by atoms with Crippen LogP contribution in [0.3, 0.4) is 0 Å². The normalized spacial score (nSPS) is 23.0.